The molecule has 0 aliphatic rings. The van der Waals surface area contributed by atoms with Gasteiger partial charge in [0.1, 0.15) is 11.2 Å². The summed E-state index contributed by atoms with van der Waals surface area (Å²) in [6.07, 6.45) is -0.171. The first kappa shape index (κ1) is 18.9. The lowest BCUT2D eigenvalue weighted by atomic mass is 9.90. The van der Waals surface area contributed by atoms with Crippen LogP contribution >= 0.6 is 0 Å². The van der Waals surface area contributed by atoms with Crippen molar-refractivity contribution in [2.75, 3.05) is 0 Å². The van der Waals surface area contributed by atoms with Crippen molar-refractivity contribution in [1.82, 2.24) is 0 Å². The molecule has 0 N–H and O–H groups in total. The van der Waals surface area contributed by atoms with Gasteiger partial charge < -0.3 is 0 Å². The molecule has 0 saturated carbocycles. The van der Waals surface area contributed by atoms with E-state index in [0.717, 1.165) is 0 Å². The van der Waals surface area contributed by atoms with Gasteiger partial charge in [0.2, 0.25) is 0 Å². The van der Waals surface area contributed by atoms with E-state index in [-0.39, 0.29) is 6.42 Å². The molecule has 0 aliphatic carbocycles. The average Bonchev–Trinajstić information content (AvgIpc) is 2.20. The van der Waals surface area contributed by atoms with Crippen molar-refractivity contribution in [2.45, 2.75) is 73.0 Å². The first-order valence-electron chi connectivity index (χ1n) is 6.52. The standard InChI is InChI=1S/C14H26O6/c1-12(2,3)19-17-10(15)9-14(7,8)11(16)18-20-13(4,5)6/h9H2,1-8H3. The second kappa shape index (κ2) is 6.54. The first-order chi connectivity index (χ1) is 8.73. The molecule has 118 valence electrons. The predicted octanol–water partition coefficient (Wildman–Crippen LogP) is 2.95. The van der Waals surface area contributed by atoms with Crippen molar-refractivity contribution in [1.29, 1.82) is 0 Å². The van der Waals surface area contributed by atoms with Crippen LogP contribution in [0.25, 0.3) is 0 Å². The maximum atomic E-state index is 11.9. The Morgan fingerprint density at radius 1 is 0.750 bits per heavy atom. The van der Waals surface area contributed by atoms with Crippen LogP contribution in [0.2, 0.25) is 0 Å². The molecule has 0 rings (SSSR count). The topological polar surface area (TPSA) is 71.1 Å². The van der Waals surface area contributed by atoms with Gasteiger partial charge >= 0.3 is 11.9 Å². The van der Waals surface area contributed by atoms with E-state index in [1.54, 1.807) is 55.4 Å². The molecular weight excluding hydrogens is 264 g/mol. The van der Waals surface area contributed by atoms with Crippen molar-refractivity contribution in [3.63, 3.8) is 0 Å². The Morgan fingerprint density at radius 3 is 1.55 bits per heavy atom. The Balaban J connectivity index is 4.36. The summed E-state index contributed by atoms with van der Waals surface area (Å²) in [4.78, 5) is 42.7. The van der Waals surface area contributed by atoms with Gasteiger partial charge in [0.15, 0.2) is 0 Å². The fraction of sp³-hybridized carbons (Fsp3) is 0.857. The zero-order valence-corrected chi connectivity index (χ0v) is 13.7. The monoisotopic (exact) mass is 290 g/mol. The molecule has 0 amide bonds. The predicted molar refractivity (Wildman–Crippen MR) is 72.3 cm³/mol. The van der Waals surface area contributed by atoms with Gasteiger partial charge in [-0.2, -0.15) is 9.78 Å². The summed E-state index contributed by atoms with van der Waals surface area (Å²) in [7, 11) is 0. The number of hydrogen-bond acceptors (Lipinski definition) is 6. The summed E-state index contributed by atoms with van der Waals surface area (Å²) in [6.45, 7) is 13.6. The van der Waals surface area contributed by atoms with Crippen LogP contribution in [0.1, 0.15) is 61.8 Å². The molecule has 6 heteroatoms. The van der Waals surface area contributed by atoms with Crippen LogP contribution in [0, 0.1) is 5.41 Å². The zero-order valence-electron chi connectivity index (χ0n) is 13.7. The van der Waals surface area contributed by atoms with Gasteiger partial charge in [0, 0.05) is 0 Å². The number of rotatable bonds is 5. The molecule has 0 radical (unpaired) electrons. The second-order valence-electron chi connectivity index (χ2n) is 7.28. The van der Waals surface area contributed by atoms with Crippen LogP contribution in [0.15, 0.2) is 0 Å². The van der Waals surface area contributed by atoms with Crippen molar-refractivity contribution in [3.05, 3.63) is 0 Å². The van der Waals surface area contributed by atoms with Gasteiger partial charge in [0.05, 0.1) is 11.8 Å². The van der Waals surface area contributed by atoms with E-state index in [4.69, 9.17) is 14.7 Å². The van der Waals surface area contributed by atoms with E-state index >= 15 is 0 Å². The first-order valence-corrected chi connectivity index (χ1v) is 6.52. The molecule has 0 aromatic heterocycles. The molecule has 0 heterocycles. The minimum Gasteiger partial charge on any atom is -0.298 e. The molecular formula is C14H26O6. The van der Waals surface area contributed by atoms with E-state index in [9.17, 15) is 9.59 Å². The number of carbonyl (C=O) groups is 2. The van der Waals surface area contributed by atoms with Gasteiger partial charge in [-0.15, -0.1) is 0 Å². The fourth-order valence-electron chi connectivity index (χ4n) is 0.910. The third kappa shape index (κ3) is 8.87. The molecule has 0 aliphatic heterocycles. The molecule has 0 fully saturated rings. The maximum Gasteiger partial charge on any atom is 0.348 e. The highest BCUT2D eigenvalue weighted by Gasteiger charge is 2.35. The Labute approximate surface area is 120 Å². The molecule has 6 nitrogen and oxygen atoms in total. The lowest BCUT2D eigenvalue weighted by Gasteiger charge is -2.24. The lowest BCUT2D eigenvalue weighted by Crippen LogP contribution is -2.33. The van der Waals surface area contributed by atoms with Gasteiger partial charge in [-0.05, 0) is 55.4 Å². The minimum atomic E-state index is -1.07. The van der Waals surface area contributed by atoms with Crippen molar-refractivity contribution in [2.24, 2.45) is 5.41 Å². The molecule has 0 spiro atoms. The van der Waals surface area contributed by atoms with Crippen LogP contribution < -0.4 is 0 Å². The summed E-state index contributed by atoms with van der Waals surface area (Å²) < 4.78 is 0. The fourth-order valence-corrected chi connectivity index (χ4v) is 0.910. The van der Waals surface area contributed by atoms with E-state index in [2.05, 4.69) is 4.89 Å². The number of hydrogen-bond donors (Lipinski definition) is 0. The van der Waals surface area contributed by atoms with Gasteiger partial charge in [-0.1, -0.05) is 0 Å². The minimum absolute atomic E-state index is 0.171. The quantitative estimate of drug-likeness (QED) is 0.572. The second-order valence-corrected chi connectivity index (χ2v) is 7.28. The van der Waals surface area contributed by atoms with E-state index in [0.29, 0.717) is 0 Å². The Bertz CT molecular complexity index is 346. The van der Waals surface area contributed by atoms with Gasteiger partial charge in [-0.3, -0.25) is 9.78 Å². The SMILES string of the molecule is CC(C)(C)OOC(=O)CC(C)(C)C(=O)OOC(C)(C)C. The highest BCUT2D eigenvalue weighted by Crippen LogP contribution is 2.24. The normalized spacial score (nSPS) is 13.0. The molecule has 0 unspecified atom stereocenters. The molecule has 0 aromatic rings. The molecule has 0 atom stereocenters. The molecule has 0 bridgehead atoms. The van der Waals surface area contributed by atoms with Gasteiger partial charge in [0.25, 0.3) is 0 Å². The summed E-state index contributed by atoms with van der Waals surface area (Å²) in [5.41, 5.74) is -2.28. The van der Waals surface area contributed by atoms with Crippen LogP contribution in [0.5, 0.6) is 0 Å². The summed E-state index contributed by atoms with van der Waals surface area (Å²) in [6, 6.07) is 0. The van der Waals surface area contributed by atoms with E-state index < -0.39 is 28.6 Å². The smallest absolute Gasteiger partial charge is 0.298 e. The Kier molecular flexibility index (Phi) is 6.17. The third-order valence-electron chi connectivity index (χ3n) is 1.89. The number of carbonyl (C=O) groups excluding carboxylic acids is 2. The highest BCUT2D eigenvalue weighted by atomic mass is 17.2. The third-order valence-corrected chi connectivity index (χ3v) is 1.89. The molecule has 20 heavy (non-hydrogen) atoms. The van der Waals surface area contributed by atoms with Crippen LogP contribution in [0.4, 0.5) is 0 Å². The van der Waals surface area contributed by atoms with Crippen molar-refractivity contribution < 1.29 is 29.1 Å². The molecule has 0 saturated heterocycles. The Hall–Kier alpha value is -1.14. The van der Waals surface area contributed by atoms with Crippen LogP contribution in [-0.4, -0.2) is 23.1 Å². The van der Waals surface area contributed by atoms with Crippen molar-refractivity contribution >= 4 is 11.9 Å². The zero-order chi connectivity index (χ0) is 16.2. The summed E-state index contributed by atoms with van der Waals surface area (Å²) in [5.74, 6) is -1.28. The maximum absolute atomic E-state index is 11.9. The van der Waals surface area contributed by atoms with E-state index in [1.165, 1.54) is 0 Å². The van der Waals surface area contributed by atoms with Crippen LogP contribution in [0.3, 0.4) is 0 Å². The average molecular weight is 290 g/mol. The van der Waals surface area contributed by atoms with E-state index in [1.807, 2.05) is 0 Å². The largest absolute Gasteiger partial charge is 0.348 e. The van der Waals surface area contributed by atoms with Gasteiger partial charge in [-0.25, -0.2) is 9.59 Å². The lowest BCUT2D eigenvalue weighted by molar-refractivity contribution is -0.330. The Morgan fingerprint density at radius 2 is 1.15 bits per heavy atom. The van der Waals surface area contributed by atoms with Crippen molar-refractivity contribution in [3.8, 4) is 0 Å². The highest BCUT2D eigenvalue weighted by molar-refractivity contribution is 5.82. The van der Waals surface area contributed by atoms with Crippen LogP contribution in [-0.2, 0) is 29.1 Å². The summed E-state index contributed by atoms with van der Waals surface area (Å²) in [5, 5.41) is 0. The molecule has 0 aromatic carbocycles. The summed E-state index contributed by atoms with van der Waals surface area (Å²) >= 11 is 0.